The van der Waals surface area contributed by atoms with Crippen molar-refractivity contribution in [3.05, 3.63) is 34.9 Å². The van der Waals surface area contributed by atoms with E-state index >= 15 is 0 Å². The van der Waals surface area contributed by atoms with Gasteiger partial charge in [0.2, 0.25) is 0 Å². The van der Waals surface area contributed by atoms with E-state index < -0.39 is 6.10 Å². The van der Waals surface area contributed by atoms with Crippen LogP contribution in [0.25, 0.3) is 0 Å². The van der Waals surface area contributed by atoms with Gasteiger partial charge in [-0.1, -0.05) is 37.6 Å². The van der Waals surface area contributed by atoms with Crippen LogP contribution >= 0.6 is 11.6 Å². The Kier molecular flexibility index (Phi) is 7.33. The van der Waals surface area contributed by atoms with E-state index in [0.717, 1.165) is 44.5 Å². The Bertz CT molecular complexity index is 337. The summed E-state index contributed by atoms with van der Waals surface area (Å²) in [6, 6.07) is 7.49. The molecule has 1 unspecified atom stereocenters. The summed E-state index contributed by atoms with van der Waals surface area (Å²) in [6.07, 6.45) is 2.67. The average Bonchev–Trinajstić information content (AvgIpc) is 2.36. The largest absolute Gasteiger partial charge is 0.388 e. The molecule has 0 radical (unpaired) electrons. The summed E-state index contributed by atoms with van der Waals surface area (Å²) in [5.74, 6) is 0. The zero-order valence-electron chi connectivity index (χ0n) is 11.4. The summed E-state index contributed by atoms with van der Waals surface area (Å²) >= 11 is 5.93. The highest BCUT2D eigenvalue weighted by Gasteiger charge is 2.10. The van der Waals surface area contributed by atoms with Crippen molar-refractivity contribution in [3.8, 4) is 0 Å². The Morgan fingerprint density at radius 2 is 1.83 bits per heavy atom. The fourth-order valence-electron chi connectivity index (χ4n) is 2.15. The van der Waals surface area contributed by atoms with Gasteiger partial charge in [0.05, 0.1) is 6.10 Å². The highest BCUT2D eigenvalue weighted by Crippen LogP contribution is 2.20. The van der Waals surface area contributed by atoms with Crippen LogP contribution in [0.4, 0.5) is 0 Å². The number of benzene rings is 1. The number of rotatable bonds is 8. The molecule has 0 saturated carbocycles. The molecule has 1 N–H and O–H groups in total. The van der Waals surface area contributed by atoms with Crippen molar-refractivity contribution in [1.29, 1.82) is 0 Å². The van der Waals surface area contributed by atoms with E-state index in [0.29, 0.717) is 5.02 Å². The van der Waals surface area contributed by atoms with E-state index in [1.54, 1.807) is 0 Å². The quantitative estimate of drug-likeness (QED) is 0.774. The minimum atomic E-state index is -0.417. The highest BCUT2D eigenvalue weighted by atomic mass is 35.5. The molecule has 2 nitrogen and oxygen atoms in total. The van der Waals surface area contributed by atoms with Crippen LogP contribution in [0.1, 0.15) is 44.8 Å². The summed E-state index contributed by atoms with van der Waals surface area (Å²) in [5.41, 5.74) is 0.912. The van der Waals surface area contributed by atoms with Crippen molar-refractivity contribution in [1.82, 2.24) is 4.90 Å². The minimum Gasteiger partial charge on any atom is -0.388 e. The number of hydrogen-bond acceptors (Lipinski definition) is 2. The van der Waals surface area contributed by atoms with Crippen LogP contribution in [-0.4, -0.2) is 29.6 Å². The van der Waals surface area contributed by atoms with E-state index in [1.807, 2.05) is 24.3 Å². The van der Waals surface area contributed by atoms with Gasteiger partial charge in [0.25, 0.3) is 0 Å². The fraction of sp³-hybridized carbons (Fsp3) is 0.600. The van der Waals surface area contributed by atoms with Gasteiger partial charge in [-0.25, -0.2) is 0 Å². The zero-order valence-corrected chi connectivity index (χ0v) is 12.2. The molecule has 0 saturated heterocycles. The molecule has 1 atom stereocenters. The predicted molar refractivity (Wildman–Crippen MR) is 78.1 cm³/mol. The number of hydrogen-bond donors (Lipinski definition) is 1. The van der Waals surface area contributed by atoms with E-state index in [2.05, 4.69) is 18.7 Å². The van der Waals surface area contributed by atoms with Gasteiger partial charge in [-0.2, -0.15) is 0 Å². The SMILES string of the molecule is CCCN(CCC)CCC(O)c1cccc(Cl)c1. The molecule has 0 amide bonds. The smallest absolute Gasteiger partial charge is 0.0802 e. The van der Waals surface area contributed by atoms with E-state index in [-0.39, 0.29) is 0 Å². The second-order valence-corrected chi connectivity index (χ2v) is 5.14. The third-order valence-corrected chi connectivity index (χ3v) is 3.27. The van der Waals surface area contributed by atoms with Crippen molar-refractivity contribution in [2.24, 2.45) is 0 Å². The van der Waals surface area contributed by atoms with Gasteiger partial charge < -0.3 is 10.0 Å². The third kappa shape index (κ3) is 5.38. The normalized spacial score (nSPS) is 12.9. The Hall–Kier alpha value is -0.570. The molecule has 0 aliphatic carbocycles. The lowest BCUT2D eigenvalue weighted by Gasteiger charge is -2.22. The number of nitrogens with zero attached hydrogens (tertiary/aromatic N) is 1. The summed E-state index contributed by atoms with van der Waals surface area (Å²) in [6.45, 7) is 7.54. The molecule has 3 heteroatoms. The Labute approximate surface area is 116 Å². The van der Waals surface area contributed by atoms with Crippen LogP contribution in [-0.2, 0) is 0 Å². The first-order valence-corrected chi connectivity index (χ1v) is 7.21. The van der Waals surface area contributed by atoms with Crippen LogP contribution in [0, 0.1) is 0 Å². The molecule has 0 aromatic heterocycles. The van der Waals surface area contributed by atoms with Crippen molar-refractivity contribution in [2.75, 3.05) is 19.6 Å². The summed E-state index contributed by atoms with van der Waals surface area (Å²) in [4.78, 5) is 2.41. The molecule has 0 bridgehead atoms. The van der Waals surface area contributed by atoms with Gasteiger partial charge in [0, 0.05) is 11.6 Å². The number of halogens is 1. The summed E-state index contributed by atoms with van der Waals surface area (Å²) in [5, 5.41) is 10.8. The highest BCUT2D eigenvalue weighted by molar-refractivity contribution is 6.30. The first kappa shape index (κ1) is 15.5. The predicted octanol–water partition coefficient (Wildman–Crippen LogP) is 3.89. The molecular formula is C15H24ClNO. The topological polar surface area (TPSA) is 23.5 Å². The lowest BCUT2D eigenvalue weighted by Crippen LogP contribution is -2.27. The maximum absolute atomic E-state index is 10.1. The first-order chi connectivity index (χ1) is 8.67. The molecule has 1 rings (SSSR count). The molecule has 1 aromatic carbocycles. The number of aliphatic hydroxyl groups is 1. The molecule has 1 aromatic rings. The van der Waals surface area contributed by atoms with Crippen molar-refractivity contribution in [2.45, 2.75) is 39.2 Å². The molecule has 0 heterocycles. The van der Waals surface area contributed by atoms with E-state index in [9.17, 15) is 5.11 Å². The second kappa shape index (κ2) is 8.52. The van der Waals surface area contributed by atoms with Gasteiger partial charge in [-0.3, -0.25) is 0 Å². The monoisotopic (exact) mass is 269 g/mol. The van der Waals surface area contributed by atoms with Crippen LogP contribution in [0.3, 0.4) is 0 Å². The molecule has 0 spiro atoms. The van der Waals surface area contributed by atoms with Crippen molar-refractivity contribution < 1.29 is 5.11 Å². The van der Waals surface area contributed by atoms with E-state index in [1.165, 1.54) is 0 Å². The molecule has 18 heavy (non-hydrogen) atoms. The van der Waals surface area contributed by atoms with Crippen LogP contribution < -0.4 is 0 Å². The van der Waals surface area contributed by atoms with Crippen molar-refractivity contribution in [3.63, 3.8) is 0 Å². The maximum atomic E-state index is 10.1. The average molecular weight is 270 g/mol. The number of aliphatic hydroxyl groups excluding tert-OH is 1. The summed E-state index contributed by atoms with van der Waals surface area (Å²) in [7, 11) is 0. The standard InChI is InChI=1S/C15H24ClNO/c1-3-9-17(10-4-2)11-8-15(18)13-6-5-7-14(16)12-13/h5-7,12,15,18H,3-4,8-11H2,1-2H3. The van der Waals surface area contributed by atoms with Gasteiger partial charge in [0.15, 0.2) is 0 Å². The van der Waals surface area contributed by atoms with Crippen LogP contribution in [0.2, 0.25) is 5.02 Å². The van der Waals surface area contributed by atoms with E-state index in [4.69, 9.17) is 11.6 Å². The second-order valence-electron chi connectivity index (χ2n) is 4.70. The zero-order chi connectivity index (χ0) is 13.4. The van der Waals surface area contributed by atoms with Crippen molar-refractivity contribution >= 4 is 11.6 Å². The first-order valence-electron chi connectivity index (χ1n) is 6.83. The molecule has 0 aliphatic heterocycles. The van der Waals surface area contributed by atoms with Gasteiger partial charge in [-0.05, 0) is 50.0 Å². The third-order valence-electron chi connectivity index (χ3n) is 3.03. The minimum absolute atomic E-state index is 0.417. The lowest BCUT2D eigenvalue weighted by molar-refractivity contribution is 0.141. The fourth-order valence-corrected chi connectivity index (χ4v) is 2.35. The summed E-state index contributed by atoms with van der Waals surface area (Å²) < 4.78 is 0. The molecule has 0 fully saturated rings. The Morgan fingerprint density at radius 1 is 1.17 bits per heavy atom. The Balaban J connectivity index is 2.46. The maximum Gasteiger partial charge on any atom is 0.0802 e. The van der Waals surface area contributed by atoms with Gasteiger partial charge in [0.1, 0.15) is 0 Å². The van der Waals surface area contributed by atoms with Gasteiger partial charge >= 0.3 is 0 Å². The lowest BCUT2D eigenvalue weighted by atomic mass is 10.1. The molecular weight excluding hydrogens is 246 g/mol. The van der Waals surface area contributed by atoms with Gasteiger partial charge in [-0.15, -0.1) is 0 Å². The molecule has 0 aliphatic rings. The van der Waals surface area contributed by atoms with Crippen LogP contribution in [0.15, 0.2) is 24.3 Å². The van der Waals surface area contributed by atoms with Crippen LogP contribution in [0.5, 0.6) is 0 Å². The molecule has 102 valence electrons. The Morgan fingerprint density at radius 3 is 2.39 bits per heavy atom.